The minimum atomic E-state index is -0.932. The average Bonchev–Trinajstić information content (AvgIpc) is 2.36. The zero-order chi connectivity index (χ0) is 15.1. The van der Waals surface area contributed by atoms with Crippen molar-refractivity contribution in [3.63, 3.8) is 0 Å². The predicted octanol–water partition coefficient (Wildman–Crippen LogP) is 1.17. The molecule has 20 heavy (non-hydrogen) atoms. The summed E-state index contributed by atoms with van der Waals surface area (Å²) in [5, 5.41) is 2.47. The fourth-order valence-electron chi connectivity index (χ4n) is 1.71. The van der Waals surface area contributed by atoms with E-state index in [0.29, 0.717) is 23.2 Å². The third-order valence-electron chi connectivity index (χ3n) is 2.39. The second kappa shape index (κ2) is 7.37. The van der Waals surface area contributed by atoms with Crippen molar-refractivity contribution in [1.82, 2.24) is 0 Å². The molecule has 6 nitrogen and oxygen atoms in total. The second-order valence-corrected chi connectivity index (χ2v) is 3.94. The Labute approximate surface area is 118 Å². The molecule has 4 radical (unpaired) electrons. The van der Waals surface area contributed by atoms with Crippen molar-refractivity contribution in [2.45, 2.75) is 20.1 Å². The van der Waals surface area contributed by atoms with Crippen molar-refractivity contribution in [3.05, 3.63) is 28.8 Å². The average molecular weight is 271 g/mol. The van der Waals surface area contributed by atoms with Crippen LogP contribution in [0, 0.1) is 6.92 Å². The number of carbonyl (C=O) groups excluding carboxylic acids is 3. The SMILES string of the molecule is [B]C(=O)OCc1cc(C)cc(COC([B])=O)c1NC=O. The lowest BCUT2D eigenvalue weighted by Gasteiger charge is -2.15. The maximum atomic E-state index is 10.7. The van der Waals surface area contributed by atoms with Crippen molar-refractivity contribution in [1.29, 1.82) is 0 Å². The van der Waals surface area contributed by atoms with Crippen LogP contribution in [0.2, 0.25) is 0 Å². The molecule has 0 unspecified atom stereocenters. The summed E-state index contributed by atoms with van der Waals surface area (Å²) in [6.45, 7) is 1.57. The molecule has 0 fully saturated rings. The highest BCUT2D eigenvalue weighted by molar-refractivity contribution is 6.55. The molecular formula is C12H11B2NO5. The predicted molar refractivity (Wildman–Crippen MR) is 72.7 cm³/mol. The molecular weight excluding hydrogens is 260 g/mol. The maximum Gasteiger partial charge on any atom is 0.236 e. The van der Waals surface area contributed by atoms with E-state index in [1.54, 1.807) is 19.1 Å². The number of hydrogen-bond donors (Lipinski definition) is 1. The summed E-state index contributed by atoms with van der Waals surface area (Å²) in [6.07, 6.45) is 0.464. The molecule has 0 heterocycles. The third kappa shape index (κ3) is 4.79. The first-order chi connectivity index (χ1) is 9.43. The monoisotopic (exact) mass is 271 g/mol. The van der Waals surface area contributed by atoms with Gasteiger partial charge in [-0.2, -0.15) is 0 Å². The molecule has 1 rings (SSSR count). The molecule has 0 aliphatic rings. The smallest absolute Gasteiger partial charge is 0.236 e. The van der Waals surface area contributed by atoms with Gasteiger partial charge < -0.3 is 14.8 Å². The molecule has 100 valence electrons. The van der Waals surface area contributed by atoms with Gasteiger partial charge in [0.2, 0.25) is 33.8 Å². The second-order valence-electron chi connectivity index (χ2n) is 3.94. The van der Waals surface area contributed by atoms with Crippen molar-refractivity contribution >= 4 is 39.5 Å². The van der Waals surface area contributed by atoms with Crippen molar-refractivity contribution < 1.29 is 23.9 Å². The summed E-state index contributed by atoms with van der Waals surface area (Å²) in [5.41, 5.74) is 2.26. The molecule has 1 aromatic rings. The summed E-state index contributed by atoms with van der Waals surface area (Å²) in [7, 11) is 9.80. The van der Waals surface area contributed by atoms with Gasteiger partial charge in [0.25, 0.3) is 0 Å². The van der Waals surface area contributed by atoms with Crippen LogP contribution >= 0.6 is 0 Å². The maximum absolute atomic E-state index is 10.7. The molecule has 1 N–H and O–H groups in total. The van der Waals surface area contributed by atoms with E-state index in [2.05, 4.69) is 5.32 Å². The molecule has 0 atom stereocenters. The van der Waals surface area contributed by atoms with Gasteiger partial charge in [-0.15, -0.1) is 0 Å². The molecule has 0 bridgehead atoms. The first kappa shape index (κ1) is 15.8. The fraction of sp³-hybridized carbons (Fsp3) is 0.250. The Morgan fingerprint density at radius 2 is 1.60 bits per heavy atom. The fourth-order valence-corrected chi connectivity index (χ4v) is 1.71. The van der Waals surface area contributed by atoms with Crippen LogP contribution in [0.25, 0.3) is 0 Å². The Morgan fingerprint density at radius 1 is 1.15 bits per heavy atom. The molecule has 1 amide bonds. The molecule has 0 saturated carbocycles. The molecule has 0 saturated heterocycles. The van der Waals surface area contributed by atoms with Crippen LogP contribution in [-0.2, 0) is 27.5 Å². The Balaban J connectivity index is 3.09. The lowest BCUT2D eigenvalue weighted by atomic mass is 10.0. The number of aryl methyl sites for hydroxylation is 1. The largest absolute Gasteiger partial charge is 0.470 e. The van der Waals surface area contributed by atoms with E-state index in [-0.39, 0.29) is 13.2 Å². The Kier molecular flexibility index (Phi) is 5.83. The molecule has 0 aromatic heterocycles. The number of hydrogen-bond acceptors (Lipinski definition) is 5. The van der Waals surface area contributed by atoms with Gasteiger partial charge in [0.15, 0.2) is 0 Å². The van der Waals surface area contributed by atoms with Gasteiger partial charge in [-0.3, -0.25) is 14.4 Å². The number of nitrogens with one attached hydrogen (secondary N) is 1. The van der Waals surface area contributed by atoms with E-state index < -0.39 is 11.7 Å². The summed E-state index contributed by atoms with van der Waals surface area (Å²) in [5.74, 6) is -1.86. The van der Waals surface area contributed by atoms with Gasteiger partial charge in [0.1, 0.15) is 13.2 Å². The third-order valence-corrected chi connectivity index (χ3v) is 2.39. The first-order valence-corrected chi connectivity index (χ1v) is 5.61. The number of benzene rings is 1. The van der Waals surface area contributed by atoms with Gasteiger partial charge in [-0.25, -0.2) is 0 Å². The van der Waals surface area contributed by atoms with Crippen LogP contribution < -0.4 is 5.32 Å². The van der Waals surface area contributed by atoms with Gasteiger partial charge in [-0.1, -0.05) is 17.7 Å². The van der Waals surface area contributed by atoms with Crippen molar-refractivity contribution in [3.8, 4) is 0 Å². The van der Waals surface area contributed by atoms with E-state index in [4.69, 9.17) is 25.2 Å². The van der Waals surface area contributed by atoms with E-state index in [1.807, 2.05) is 0 Å². The van der Waals surface area contributed by atoms with E-state index in [1.165, 1.54) is 0 Å². The Morgan fingerprint density at radius 3 is 1.95 bits per heavy atom. The highest BCUT2D eigenvalue weighted by Gasteiger charge is 2.12. The molecule has 0 spiro atoms. The molecule has 0 aliphatic carbocycles. The van der Waals surface area contributed by atoms with Crippen LogP contribution in [-0.4, -0.2) is 33.8 Å². The summed E-state index contributed by atoms with van der Waals surface area (Å²) < 4.78 is 9.40. The topological polar surface area (TPSA) is 81.7 Å². The van der Waals surface area contributed by atoms with Crippen LogP contribution in [0.1, 0.15) is 16.7 Å². The van der Waals surface area contributed by atoms with Gasteiger partial charge in [0.05, 0.1) is 5.69 Å². The van der Waals surface area contributed by atoms with E-state index >= 15 is 0 Å². The minimum Gasteiger partial charge on any atom is -0.470 e. The van der Waals surface area contributed by atoms with Gasteiger partial charge in [-0.05, 0) is 6.92 Å². The summed E-state index contributed by atoms with van der Waals surface area (Å²) in [6, 6.07) is 3.42. The molecule has 0 aliphatic heterocycles. The van der Waals surface area contributed by atoms with Crippen LogP contribution in [0.15, 0.2) is 12.1 Å². The number of carbonyl (C=O) groups is 3. The summed E-state index contributed by atoms with van der Waals surface area (Å²) in [4.78, 5) is 32.0. The number of rotatable bonds is 6. The Bertz CT molecular complexity index is 494. The van der Waals surface area contributed by atoms with Crippen LogP contribution in [0.3, 0.4) is 0 Å². The van der Waals surface area contributed by atoms with E-state index in [0.717, 1.165) is 5.56 Å². The standard InChI is InChI=1S/C12H11B2NO5/c1-7-2-8(4-19-11(13)17)10(15-6-16)9(3-7)5-20-12(14)18/h2-3,6H,4-5H2,1H3,(H,15,16). The van der Waals surface area contributed by atoms with Gasteiger partial charge >= 0.3 is 0 Å². The number of ether oxygens (including phenoxy) is 2. The lowest BCUT2D eigenvalue weighted by Crippen LogP contribution is -2.10. The highest BCUT2D eigenvalue weighted by Crippen LogP contribution is 2.25. The van der Waals surface area contributed by atoms with Gasteiger partial charge in [0, 0.05) is 11.1 Å². The van der Waals surface area contributed by atoms with Crippen molar-refractivity contribution in [2.75, 3.05) is 5.32 Å². The quantitative estimate of drug-likeness (QED) is 0.620. The minimum absolute atomic E-state index is 0.114. The zero-order valence-corrected chi connectivity index (χ0v) is 10.8. The van der Waals surface area contributed by atoms with E-state index in [9.17, 15) is 14.4 Å². The highest BCUT2D eigenvalue weighted by atomic mass is 16.5. The van der Waals surface area contributed by atoms with Crippen LogP contribution in [0.5, 0.6) is 0 Å². The van der Waals surface area contributed by atoms with Crippen LogP contribution in [0.4, 0.5) is 15.3 Å². The number of anilines is 1. The first-order valence-electron chi connectivity index (χ1n) is 5.61. The Hall–Kier alpha value is -2.24. The normalized spacial score (nSPS) is 9.65. The molecule has 1 aromatic carbocycles. The zero-order valence-electron chi connectivity index (χ0n) is 10.8. The molecule has 8 heteroatoms. The van der Waals surface area contributed by atoms with Crippen molar-refractivity contribution in [2.24, 2.45) is 0 Å². The lowest BCUT2D eigenvalue weighted by molar-refractivity contribution is -0.105. The number of amides is 1. The summed E-state index contributed by atoms with van der Waals surface area (Å²) >= 11 is 0.